The zero-order valence-electron chi connectivity index (χ0n) is 11.5. The molecule has 2 aromatic heterocycles. The molecule has 0 aliphatic rings. The van der Waals surface area contributed by atoms with E-state index in [1.807, 2.05) is 29.1 Å². The van der Waals surface area contributed by atoms with Gasteiger partial charge in [-0.3, -0.25) is 14.0 Å². The zero-order valence-corrected chi connectivity index (χ0v) is 12.4. The molecule has 0 fully saturated rings. The lowest BCUT2D eigenvalue weighted by atomic mass is 10.3. The highest BCUT2D eigenvalue weighted by molar-refractivity contribution is 7.15. The summed E-state index contributed by atoms with van der Waals surface area (Å²) < 4.78 is 6.74. The van der Waals surface area contributed by atoms with E-state index >= 15 is 0 Å². The van der Waals surface area contributed by atoms with Crippen LogP contribution in [0.3, 0.4) is 0 Å². The van der Waals surface area contributed by atoms with Crippen LogP contribution < -0.4 is 0 Å². The van der Waals surface area contributed by atoms with E-state index in [1.165, 1.54) is 16.2 Å². The molecule has 0 aliphatic heterocycles. The Hall–Kier alpha value is -1.89. The van der Waals surface area contributed by atoms with Gasteiger partial charge in [-0.15, -0.1) is 11.3 Å². The van der Waals surface area contributed by atoms with Crippen LogP contribution in [-0.4, -0.2) is 45.9 Å². The van der Waals surface area contributed by atoms with Crippen LogP contribution in [0.2, 0.25) is 0 Å². The quantitative estimate of drug-likeness (QED) is 0.755. The molecule has 0 atom stereocenters. The third-order valence-corrected chi connectivity index (χ3v) is 3.61. The Bertz CT molecular complexity index is 576. The van der Waals surface area contributed by atoms with Crippen molar-refractivity contribution in [1.29, 1.82) is 0 Å². The first-order chi connectivity index (χ1) is 9.63. The Morgan fingerprint density at radius 3 is 2.90 bits per heavy atom. The summed E-state index contributed by atoms with van der Waals surface area (Å²) in [5.74, 6) is -0.500. The Labute approximate surface area is 121 Å². The second kappa shape index (κ2) is 6.51. The molecule has 0 N–H and O–H groups in total. The van der Waals surface area contributed by atoms with E-state index in [9.17, 15) is 9.59 Å². The number of rotatable bonds is 6. The summed E-state index contributed by atoms with van der Waals surface area (Å²) >= 11 is 1.52. The number of thiazole rings is 1. The van der Waals surface area contributed by atoms with Gasteiger partial charge in [-0.05, 0) is 13.8 Å². The van der Waals surface area contributed by atoms with Gasteiger partial charge in [-0.1, -0.05) is 0 Å². The fraction of sp³-hybridized carbons (Fsp3) is 0.462. The van der Waals surface area contributed by atoms with Gasteiger partial charge in [0.15, 0.2) is 4.96 Å². The lowest BCUT2D eigenvalue weighted by Crippen LogP contribution is -2.37. The summed E-state index contributed by atoms with van der Waals surface area (Å²) in [6.07, 6.45) is 3.93. The summed E-state index contributed by atoms with van der Waals surface area (Å²) in [6, 6.07) is 0. The first kappa shape index (κ1) is 14.5. The molecule has 0 aromatic carbocycles. The number of aromatic nitrogens is 2. The largest absolute Gasteiger partial charge is 0.465 e. The Morgan fingerprint density at radius 2 is 2.25 bits per heavy atom. The number of hydrogen-bond acceptors (Lipinski definition) is 5. The fourth-order valence-corrected chi connectivity index (χ4v) is 2.59. The van der Waals surface area contributed by atoms with Crippen LogP contribution in [-0.2, 0) is 20.7 Å². The molecule has 0 bridgehead atoms. The van der Waals surface area contributed by atoms with E-state index in [0.717, 1.165) is 4.96 Å². The van der Waals surface area contributed by atoms with Gasteiger partial charge in [-0.2, -0.15) is 0 Å². The van der Waals surface area contributed by atoms with Gasteiger partial charge >= 0.3 is 5.97 Å². The molecule has 2 aromatic rings. The fourth-order valence-electron chi connectivity index (χ4n) is 1.87. The average molecular weight is 295 g/mol. The second-order valence-electron chi connectivity index (χ2n) is 4.21. The Balaban J connectivity index is 1.98. The van der Waals surface area contributed by atoms with Crippen LogP contribution in [0, 0.1) is 0 Å². The number of carbonyl (C=O) groups is 2. The third-order valence-electron chi connectivity index (χ3n) is 2.84. The van der Waals surface area contributed by atoms with Crippen LogP contribution in [0.25, 0.3) is 4.96 Å². The van der Waals surface area contributed by atoms with Crippen molar-refractivity contribution >= 4 is 28.2 Å². The minimum atomic E-state index is -0.381. The van der Waals surface area contributed by atoms with Crippen molar-refractivity contribution in [1.82, 2.24) is 14.3 Å². The highest BCUT2D eigenvalue weighted by atomic mass is 32.1. The van der Waals surface area contributed by atoms with Crippen LogP contribution in [0.1, 0.15) is 19.5 Å². The number of hydrogen-bond donors (Lipinski definition) is 0. The lowest BCUT2D eigenvalue weighted by molar-refractivity contribution is -0.148. The molecule has 7 heteroatoms. The van der Waals surface area contributed by atoms with Crippen LogP contribution in [0.5, 0.6) is 0 Å². The molecule has 0 saturated heterocycles. The molecule has 2 heterocycles. The van der Waals surface area contributed by atoms with Crippen LogP contribution in [0.4, 0.5) is 0 Å². The van der Waals surface area contributed by atoms with E-state index in [1.54, 1.807) is 6.92 Å². The minimum absolute atomic E-state index is 0.00854. The maximum Gasteiger partial charge on any atom is 0.325 e. The van der Waals surface area contributed by atoms with Gasteiger partial charge < -0.3 is 9.64 Å². The molecule has 6 nitrogen and oxygen atoms in total. The molecule has 0 saturated carbocycles. The maximum atomic E-state index is 12.2. The number of likely N-dealkylation sites (N-methyl/N-ethyl adjacent to an activating group) is 1. The van der Waals surface area contributed by atoms with Crippen LogP contribution in [0.15, 0.2) is 17.8 Å². The van der Waals surface area contributed by atoms with Gasteiger partial charge in [0.1, 0.15) is 6.54 Å². The van der Waals surface area contributed by atoms with Gasteiger partial charge in [-0.25, -0.2) is 4.98 Å². The SMILES string of the molecule is CCOC(=O)CN(CC)C(=O)Cc1cn2ccsc2n1. The van der Waals surface area contributed by atoms with Gasteiger partial charge in [0.2, 0.25) is 5.91 Å². The van der Waals surface area contributed by atoms with Crippen molar-refractivity contribution in [3.8, 4) is 0 Å². The van der Waals surface area contributed by atoms with E-state index in [0.29, 0.717) is 18.8 Å². The average Bonchev–Trinajstić information content (AvgIpc) is 2.96. The topological polar surface area (TPSA) is 63.9 Å². The van der Waals surface area contributed by atoms with Crippen molar-refractivity contribution in [3.05, 3.63) is 23.5 Å². The molecule has 1 amide bonds. The van der Waals surface area contributed by atoms with Gasteiger partial charge in [0, 0.05) is 24.3 Å². The molecule has 0 spiro atoms. The van der Waals surface area contributed by atoms with E-state index in [-0.39, 0.29) is 24.8 Å². The first-order valence-electron chi connectivity index (χ1n) is 6.48. The normalized spacial score (nSPS) is 10.7. The molecular formula is C13H17N3O3S. The summed E-state index contributed by atoms with van der Waals surface area (Å²) in [7, 11) is 0. The minimum Gasteiger partial charge on any atom is -0.465 e. The first-order valence-corrected chi connectivity index (χ1v) is 7.36. The number of ether oxygens (including phenoxy) is 1. The number of imidazole rings is 1. The van der Waals surface area contributed by atoms with Crippen molar-refractivity contribution < 1.29 is 14.3 Å². The monoisotopic (exact) mass is 295 g/mol. The van der Waals surface area contributed by atoms with Crippen molar-refractivity contribution in [3.63, 3.8) is 0 Å². The number of carbonyl (C=O) groups excluding carboxylic acids is 2. The van der Waals surface area contributed by atoms with Crippen molar-refractivity contribution in [2.45, 2.75) is 20.3 Å². The Morgan fingerprint density at radius 1 is 1.45 bits per heavy atom. The zero-order chi connectivity index (χ0) is 14.5. The smallest absolute Gasteiger partial charge is 0.325 e. The summed E-state index contributed by atoms with van der Waals surface area (Å²) in [6.45, 7) is 4.36. The number of nitrogens with zero attached hydrogens (tertiary/aromatic N) is 3. The highest BCUT2D eigenvalue weighted by Gasteiger charge is 2.18. The highest BCUT2D eigenvalue weighted by Crippen LogP contribution is 2.12. The molecule has 0 unspecified atom stereocenters. The third kappa shape index (κ3) is 3.36. The van der Waals surface area contributed by atoms with E-state index in [4.69, 9.17) is 4.74 Å². The Kier molecular flexibility index (Phi) is 4.73. The summed E-state index contributed by atoms with van der Waals surface area (Å²) in [5.41, 5.74) is 0.712. The van der Waals surface area contributed by atoms with Crippen LogP contribution >= 0.6 is 11.3 Å². The second-order valence-corrected chi connectivity index (χ2v) is 5.09. The van der Waals surface area contributed by atoms with E-state index in [2.05, 4.69) is 4.98 Å². The predicted octanol–water partition coefficient (Wildman–Crippen LogP) is 1.35. The maximum absolute atomic E-state index is 12.2. The van der Waals surface area contributed by atoms with Gasteiger partial charge in [0.25, 0.3) is 0 Å². The number of esters is 1. The lowest BCUT2D eigenvalue weighted by Gasteiger charge is -2.19. The predicted molar refractivity (Wildman–Crippen MR) is 75.7 cm³/mol. The number of amides is 1. The summed E-state index contributed by atoms with van der Waals surface area (Å²) in [4.78, 5) is 30.3. The number of fused-ring (bicyclic) bond motifs is 1. The molecule has 108 valence electrons. The molecular weight excluding hydrogens is 278 g/mol. The molecule has 0 aliphatic carbocycles. The standard InChI is InChI=1S/C13H17N3O3S/c1-3-15(9-12(18)19-4-2)11(17)7-10-8-16-5-6-20-13(16)14-10/h5-6,8H,3-4,7,9H2,1-2H3. The summed E-state index contributed by atoms with van der Waals surface area (Å²) in [5, 5.41) is 1.94. The van der Waals surface area contributed by atoms with Gasteiger partial charge in [0.05, 0.1) is 18.7 Å². The molecule has 2 rings (SSSR count). The van der Waals surface area contributed by atoms with Crippen molar-refractivity contribution in [2.24, 2.45) is 0 Å². The molecule has 0 radical (unpaired) electrons. The molecule has 20 heavy (non-hydrogen) atoms. The van der Waals surface area contributed by atoms with E-state index < -0.39 is 0 Å². The van der Waals surface area contributed by atoms with Crippen molar-refractivity contribution in [2.75, 3.05) is 19.7 Å².